The van der Waals surface area contributed by atoms with Crippen LogP contribution in [0.1, 0.15) is 23.7 Å². The van der Waals surface area contributed by atoms with E-state index in [0.29, 0.717) is 29.7 Å². The van der Waals surface area contributed by atoms with Crippen LogP contribution >= 0.6 is 0 Å². The Bertz CT molecular complexity index is 1440. The minimum absolute atomic E-state index is 0.292. The molecular formula is C24H22N5O2+. The Morgan fingerprint density at radius 2 is 1.97 bits per heavy atom. The van der Waals surface area contributed by atoms with Crippen molar-refractivity contribution in [3.05, 3.63) is 66.4 Å². The van der Waals surface area contributed by atoms with Gasteiger partial charge >= 0.3 is 11.9 Å². The maximum atomic E-state index is 13.2. The molecule has 7 nitrogen and oxygen atoms in total. The van der Waals surface area contributed by atoms with E-state index in [0.717, 1.165) is 39.0 Å². The van der Waals surface area contributed by atoms with Crippen molar-refractivity contribution in [1.82, 2.24) is 9.97 Å². The number of H-pyrrole nitrogens is 2. The summed E-state index contributed by atoms with van der Waals surface area (Å²) < 4.78 is 5.87. The molecule has 0 fully saturated rings. The predicted octanol–water partition coefficient (Wildman–Crippen LogP) is 4.31. The Hall–Kier alpha value is -4.13. The summed E-state index contributed by atoms with van der Waals surface area (Å²) >= 11 is 0. The lowest BCUT2D eigenvalue weighted by atomic mass is 10.1. The monoisotopic (exact) mass is 412 g/mol. The van der Waals surface area contributed by atoms with Gasteiger partial charge in [0.05, 0.1) is 28.6 Å². The Morgan fingerprint density at radius 1 is 1.16 bits per heavy atom. The fraction of sp³-hybridized carbons (Fsp3) is 0.125. The van der Waals surface area contributed by atoms with Gasteiger partial charge in [-0.3, -0.25) is 14.8 Å². The number of rotatable bonds is 5. The van der Waals surface area contributed by atoms with Crippen molar-refractivity contribution in [1.29, 1.82) is 0 Å². The number of benzene rings is 3. The van der Waals surface area contributed by atoms with Gasteiger partial charge in [-0.25, -0.2) is 10.3 Å². The second-order valence-corrected chi connectivity index (χ2v) is 7.40. The molecule has 1 amide bonds. The van der Waals surface area contributed by atoms with Crippen LogP contribution in [0.2, 0.25) is 0 Å². The van der Waals surface area contributed by atoms with Crippen LogP contribution in [0, 0.1) is 0 Å². The summed E-state index contributed by atoms with van der Waals surface area (Å²) in [4.78, 5) is 23.8. The molecule has 0 atom stereocenters. The molecule has 5 aromatic rings. The maximum absolute atomic E-state index is 13.2. The van der Waals surface area contributed by atoms with Crippen LogP contribution in [0.25, 0.3) is 32.6 Å². The lowest BCUT2D eigenvalue weighted by molar-refractivity contribution is -0.344. The molecule has 0 spiro atoms. The van der Waals surface area contributed by atoms with E-state index in [2.05, 4.69) is 20.3 Å². The molecule has 0 saturated carbocycles. The average Bonchev–Trinajstić information content (AvgIpc) is 3.25. The molecule has 7 heteroatoms. The van der Waals surface area contributed by atoms with Gasteiger partial charge in [-0.15, -0.1) is 0 Å². The minimum Gasteiger partial charge on any atom is -0.493 e. The second kappa shape index (κ2) is 7.60. The summed E-state index contributed by atoms with van der Waals surface area (Å²) in [6, 6.07) is 17.4. The Labute approximate surface area is 178 Å². The molecule has 154 valence electrons. The quantitative estimate of drug-likeness (QED) is 0.400. The van der Waals surface area contributed by atoms with E-state index in [1.54, 1.807) is 6.20 Å². The zero-order valence-corrected chi connectivity index (χ0v) is 17.0. The van der Waals surface area contributed by atoms with Crippen molar-refractivity contribution < 1.29 is 14.5 Å². The zero-order chi connectivity index (χ0) is 21.4. The lowest BCUT2D eigenvalue weighted by Gasteiger charge is -2.12. The van der Waals surface area contributed by atoms with Crippen molar-refractivity contribution in [2.45, 2.75) is 13.3 Å². The number of carbonyl (C=O) groups is 1. The van der Waals surface area contributed by atoms with Gasteiger partial charge < -0.3 is 10.5 Å². The molecule has 2 aromatic heterocycles. The third kappa shape index (κ3) is 3.40. The highest BCUT2D eigenvalue weighted by molar-refractivity contribution is 6.11. The summed E-state index contributed by atoms with van der Waals surface area (Å²) in [5.74, 6) is 1.10. The third-order valence-electron chi connectivity index (χ3n) is 5.26. The molecule has 2 heterocycles. The van der Waals surface area contributed by atoms with Gasteiger partial charge in [-0.2, -0.15) is 0 Å². The van der Waals surface area contributed by atoms with E-state index < -0.39 is 0 Å². The highest BCUT2D eigenvalue weighted by atomic mass is 16.5. The maximum Gasteiger partial charge on any atom is 0.319 e. The topological polar surface area (TPSA) is 107 Å². The number of hydrogen-bond donors (Lipinski definition) is 3. The predicted molar refractivity (Wildman–Crippen MR) is 122 cm³/mol. The van der Waals surface area contributed by atoms with Crippen molar-refractivity contribution in [2.75, 3.05) is 17.7 Å². The second-order valence-electron chi connectivity index (χ2n) is 7.40. The third-order valence-corrected chi connectivity index (χ3v) is 5.26. The van der Waals surface area contributed by atoms with Crippen molar-refractivity contribution in [3.8, 4) is 5.75 Å². The number of aromatic nitrogens is 3. The molecule has 0 aliphatic rings. The smallest absolute Gasteiger partial charge is 0.319 e. The number of aromatic amines is 2. The van der Waals surface area contributed by atoms with Gasteiger partial charge in [0.25, 0.3) is 0 Å². The van der Waals surface area contributed by atoms with Crippen LogP contribution in [-0.4, -0.2) is 22.5 Å². The first-order chi connectivity index (χ1) is 15.1. The van der Waals surface area contributed by atoms with E-state index in [1.807, 2.05) is 61.5 Å². The number of fused-ring (bicyclic) bond motifs is 4. The van der Waals surface area contributed by atoms with Crippen LogP contribution in [0.3, 0.4) is 0 Å². The van der Waals surface area contributed by atoms with E-state index in [1.165, 1.54) is 0 Å². The number of anilines is 2. The first-order valence-electron chi connectivity index (χ1n) is 10.2. The largest absolute Gasteiger partial charge is 0.493 e. The zero-order valence-electron chi connectivity index (χ0n) is 17.0. The molecule has 0 aliphatic heterocycles. The summed E-state index contributed by atoms with van der Waals surface area (Å²) in [5.41, 5.74) is 8.42. The number of carbonyl (C=O) groups excluding carboxylic acids is 1. The molecule has 0 aliphatic carbocycles. The lowest BCUT2D eigenvalue weighted by Crippen LogP contribution is -2.24. The van der Waals surface area contributed by atoms with Gasteiger partial charge in [0.2, 0.25) is 5.82 Å². The van der Waals surface area contributed by atoms with Gasteiger partial charge in [0, 0.05) is 11.6 Å². The summed E-state index contributed by atoms with van der Waals surface area (Å²) in [5, 5.41) is 6.66. The molecule has 0 radical (unpaired) electrons. The minimum atomic E-state index is -0.292. The van der Waals surface area contributed by atoms with Crippen molar-refractivity contribution in [2.24, 2.45) is 0 Å². The molecular weight excluding hydrogens is 390 g/mol. The fourth-order valence-corrected chi connectivity index (χ4v) is 3.81. The number of nitrogens with two attached hydrogens (primary N) is 1. The van der Waals surface area contributed by atoms with Gasteiger partial charge in [-0.05, 0) is 47.5 Å². The van der Waals surface area contributed by atoms with Crippen LogP contribution in [0.15, 0.2) is 60.8 Å². The SMILES string of the molecule is CCCOc1cc2ccccc2cc1C(=O)Nc1[nH]c2ccc3nccc3c2c(N)[nH+]1. The number of nitrogens with one attached hydrogen (secondary N) is 3. The molecule has 0 unspecified atom stereocenters. The first-order valence-corrected chi connectivity index (χ1v) is 10.2. The number of ether oxygens (including phenoxy) is 1. The Kier molecular flexibility index (Phi) is 4.63. The van der Waals surface area contributed by atoms with Crippen LogP contribution in [0.4, 0.5) is 11.8 Å². The van der Waals surface area contributed by atoms with E-state index in [4.69, 9.17) is 10.5 Å². The summed E-state index contributed by atoms with van der Waals surface area (Å²) in [6.07, 6.45) is 2.60. The highest BCUT2D eigenvalue weighted by Crippen LogP contribution is 2.28. The molecule has 3 aromatic carbocycles. The average molecular weight is 412 g/mol. The molecule has 5 N–H and O–H groups in total. The first kappa shape index (κ1) is 18.9. The number of nitrogen functional groups attached to an aromatic ring is 1. The molecule has 0 bridgehead atoms. The van der Waals surface area contributed by atoms with Gasteiger partial charge in [-0.1, -0.05) is 31.2 Å². The van der Waals surface area contributed by atoms with Crippen molar-refractivity contribution in [3.63, 3.8) is 0 Å². The summed E-state index contributed by atoms with van der Waals surface area (Å²) in [7, 11) is 0. The van der Waals surface area contributed by atoms with Crippen LogP contribution in [0.5, 0.6) is 5.75 Å². The number of amides is 1. The van der Waals surface area contributed by atoms with E-state index in [-0.39, 0.29) is 5.91 Å². The van der Waals surface area contributed by atoms with Crippen LogP contribution < -0.4 is 20.8 Å². The molecule has 5 rings (SSSR count). The standard InChI is InChI=1S/C24H21N5O2/c1-2-11-31-20-13-15-6-4-3-5-14(15)12-17(20)23(30)29-24-27-19-8-7-18-16(9-10-26-18)21(19)22(25)28-24/h3-10,12-13H,2,11,25H2,1H3,(H2,27,28,29,30)/p+1. The fourth-order valence-electron chi connectivity index (χ4n) is 3.81. The number of nitrogens with zero attached hydrogens (tertiary/aromatic N) is 1. The molecule has 31 heavy (non-hydrogen) atoms. The highest BCUT2D eigenvalue weighted by Gasteiger charge is 2.19. The Balaban J connectivity index is 1.54. The van der Waals surface area contributed by atoms with Crippen LogP contribution in [-0.2, 0) is 0 Å². The Morgan fingerprint density at radius 3 is 2.77 bits per heavy atom. The van der Waals surface area contributed by atoms with E-state index >= 15 is 0 Å². The van der Waals surface area contributed by atoms with Crippen molar-refractivity contribution >= 4 is 50.3 Å². The van der Waals surface area contributed by atoms with Gasteiger partial charge in [0.15, 0.2) is 0 Å². The van der Waals surface area contributed by atoms with Gasteiger partial charge in [0.1, 0.15) is 5.75 Å². The normalized spacial score (nSPS) is 11.3. The summed E-state index contributed by atoms with van der Waals surface area (Å²) in [6.45, 7) is 2.56. The molecule has 0 saturated heterocycles. The van der Waals surface area contributed by atoms with E-state index in [9.17, 15) is 4.79 Å². The number of hydrogen-bond acceptors (Lipinski definition) is 4.